The van der Waals surface area contributed by atoms with E-state index in [4.69, 9.17) is 4.74 Å². The molecule has 0 spiro atoms. The van der Waals surface area contributed by atoms with Crippen molar-refractivity contribution in [2.75, 3.05) is 26.7 Å². The lowest BCUT2D eigenvalue weighted by Crippen LogP contribution is -2.30. The van der Waals surface area contributed by atoms with Gasteiger partial charge in [0, 0.05) is 13.1 Å². The molecular weight excluding hydrogens is 312 g/mol. The number of benzene rings is 1. The van der Waals surface area contributed by atoms with Crippen LogP contribution in [0.4, 0.5) is 0 Å². The number of aryl methyl sites for hydroxylation is 1. The smallest absolute Gasteiger partial charge is 0.244 e. The molecule has 0 unspecified atom stereocenters. The van der Waals surface area contributed by atoms with E-state index in [0.717, 1.165) is 30.6 Å². The van der Waals surface area contributed by atoms with E-state index in [9.17, 15) is 8.42 Å². The van der Waals surface area contributed by atoms with Crippen molar-refractivity contribution in [1.29, 1.82) is 0 Å². The van der Waals surface area contributed by atoms with E-state index in [0.29, 0.717) is 12.3 Å². The summed E-state index contributed by atoms with van der Waals surface area (Å²) in [5.41, 5.74) is 1.99. The summed E-state index contributed by atoms with van der Waals surface area (Å²) in [6.07, 6.45) is 2.90. The van der Waals surface area contributed by atoms with Crippen LogP contribution in [0, 0.1) is 6.92 Å². The molecule has 0 aromatic heterocycles. The normalized spacial score (nSPS) is 15.0. The van der Waals surface area contributed by atoms with Crippen molar-refractivity contribution in [2.24, 2.45) is 0 Å². The number of sulfonamides is 1. The van der Waals surface area contributed by atoms with Crippen molar-refractivity contribution >= 4 is 22.4 Å². The van der Waals surface area contributed by atoms with Crippen molar-refractivity contribution in [3.63, 3.8) is 0 Å². The lowest BCUT2D eigenvalue weighted by Gasteiger charge is -2.16. The number of rotatable bonds is 5. The summed E-state index contributed by atoms with van der Waals surface area (Å²) in [5, 5.41) is 3.20. The molecule has 1 aliphatic heterocycles. The van der Waals surface area contributed by atoms with Gasteiger partial charge in [-0.25, -0.2) is 13.1 Å². The summed E-state index contributed by atoms with van der Waals surface area (Å²) in [6.45, 7) is 3.89. The fraction of sp³-hybridized carbons (Fsp3) is 0.429. The zero-order valence-electron chi connectivity index (χ0n) is 12.2. The molecule has 0 amide bonds. The molecule has 0 radical (unpaired) electrons. The third-order valence-corrected chi connectivity index (χ3v) is 4.68. The van der Waals surface area contributed by atoms with Gasteiger partial charge in [-0.05, 0) is 37.6 Å². The predicted octanol–water partition coefficient (Wildman–Crippen LogP) is 1.62. The first-order valence-corrected chi connectivity index (χ1v) is 8.04. The number of halogens is 1. The molecule has 2 rings (SSSR count). The molecule has 0 saturated carbocycles. The molecule has 7 heteroatoms. The maximum absolute atomic E-state index is 12.4. The molecule has 0 bridgehead atoms. The zero-order valence-corrected chi connectivity index (χ0v) is 13.8. The van der Waals surface area contributed by atoms with E-state index in [2.05, 4.69) is 10.0 Å². The first kappa shape index (κ1) is 18.0. The van der Waals surface area contributed by atoms with Crippen LogP contribution in [0.1, 0.15) is 12.0 Å². The van der Waals surface area contributed by atoms with Gasteiger partial charge in [-0.3, -0.25) is 0 Å². The van der Waals surface area contributed by atoms with Crippen LogP contribution in [0.3, 0.4) is 0 Å². The molecule has 2 N–H and O–H groups in total. The van der Waals surface area contributed by atoms with Gasteiger partial charge in [0.25, 0.3) is 0 Å². The Hall–Kier alpha value is -1.08. The molecular formula is C14H21ClN2O3S. The topological polar surface area (TPSA) is 67.4 Å². The molecule has 1 heterocycles. The van der Waals surface area contributed by atoms with Crippen molar-refractivity contribution in [3.05, 3.63) is 35.4 Å². The monoisotopic (exact) mass is 332 g/mol. The summed E-state index contributed by atoms with van der Waals surface area (Å²) in [5.74, 6) is 0.363. The van der Waals surface area contributed by atoms with Gasteiger partial charge in [-0.2, -0.15) is 0 Å². The lowest BCUT2D eigenvalue weighted by molar-refractivity contribution is 0.402. The molecule has 1 aromatic carbocycles. The average molecular weight is 333 g/mol. The average Bonchev–Trinajstić information content (AvgIpc) is 2.46. The van der Waals surface area contributed by atoms with Crippen LogP contribution in [-0.2, 0) is 10.0 Å². The largest absolute Gasteiger partial charge is 0.495 e. The van der Waals surface area contributed by atoms with Gasteiger partial charge >= 0.3 is 0 Å². The molecule has 118 valence electrons. The third kappa shape index (κ3) is 4.71. The van der Waals surface area contributed by atoms with Gasteiger partial charge in [0.2, 0.25) is 10.0 Å². The highest BCUT2D eigenvalue weighted by Crippen LogP contribution is 2.24. The van der Waals surface area contributed by atoms with Gasteiger partial charge in [0.15, 0.2) is 0 Å². The number of hydrogen-bond acceptors (Lipinski definition) is 4. The second kappa shape index (κ2) is 7.79. The Bertz CT molecular complexity index is 615. The molecule has 1 aliphatic rings. The molecule has 0 saturated heterocycles. The summed E-state index contributed by atoms with van der Waals surface area (Å²) in [6, 6.07) is 5.12. The standard InChI is InChI=1S/C14H20N2O3S.ClH/c1-11-3-4-13(19-2)14(9-11)20(17,18)16-10-12-5-7-15-8-6-12;/h3-5,9,15-16H,6-8,10H2,1-2H3;1H. The zero-order chi connectivity index (χ0) is 14.6. The van der Waals surface area contributed by atoms with Crippen molar-refractivity contribution < 1.29 is 13.2 Å². The SMILES string of the molecule is COc1ccc(C)cc1S(=O)(=O)NCC1=CCNCC1.Cl. The minimum Gasteiger partial charge on any atom is -0.495 e. The lowest BCUT2D eigenvalue weighted by atomic mass is 10.1. The van der Waals surface area contributed by atoms with Gasteiger partial charge in [-0.1, -0.05) is 17.7 Å². The highest BCUT2D eigenvalue weighted by Gasteiger charge is 2.19. The van der Waals surface area contributed by atoms with Gasteiger partial charge in [0.1, 0.15) is 10.6 Å². The van der Waals surface area contributed by atoms with Gasteiger partial charge in [0.05, 0.1) is 7.11 Å². The molecule has 0 atom stereocenters. The fourth-order valence-corrected chi connectivity index (χ4v) is 3.38. The Morgan fingerprint density at radius 2 is 2.14 bits per heavy atom. The Balaban J connectivity index is 0.00000220. The van der Waals surface area contributed by atoms with Crippen LogP contribution in [0.15, 0.2) is 34.7 Å². The van der Waals surface area contributed by atoms with Crippen LogP contribution in [0.25, 0.3) is 0 Å². The highest BCUT2D eigenvalue weighted by molar-refractivity contribution is 7.89. The van der Waals surface area contributed by atoms with Crippen molar-refractivity contribution in [2.45, 2.75) is 18.2 Å². The van der Waals surface area contributed by atoms with Crippen LogP contribution in [0.2, 0.25) is 0 Å². The number of ether oxygens (including phenoxy) is 1. The number of hydrogen-bond donors (Lipinski definition) is 2. The van der Waals surface area contributed by atoms with E-state index >= 15 is 0 Å². The van der Waals surface area contributed by atoms with E-state index < -0.39 is 10.0 Å². The molecule has 0 aliphatic carbocycles. The minimum absolute atomic E-state index is 0. The highest BCUT2D eigenvalue weighted by atomic mass is 35.5. The van der Waals surface area contributed by atoms with Crippen LogP contribution >= 0.6 is 12.4 Å². The van der Waals surface area contributed by atoms with E-state index in [-0.39, 0.29) is 17.3 Å². The van der Waals surface area contributed by atoms with Gasteiger partial charge in [-0.15, -0.1) is 12.4 Å². The maximum Gasteiger partial charge on any atom is 0.244 e. The first-order chi connectivity index (χ1) is 9.53. The Morgan fingerprint density at radius 3 is 2.76 bits per heavy atom. The third-order valence-electron chi connectivity index (χ3n) is 3.26. The summed E-state index contributed by atoms with van der Waals surface area (Å²) in [7, 11) is -2.09. The quantitative estimate of drug-likeness (QED) is 0.804. The Morgan fingerprint density at radius 1 is 1.38 bits per heavy atom. The molecule has 1 aromatic rings. The van der Waals surface area contributed by atoms with Gasteiger partial charge < -0.3 is 10.1 Å². The number of methoxy groups -OCH3 is 1. The fourth-order valence-electron chi connectivity index (χ4n) is 2.09. The number of nitrogens with one attached hydrogen (secondary N) is 2. The maximum atomic E-state index is 12.4. The van der Waals surface area contributed by atoms with Crippen molar-refractivity contribution in [3.8, 4) is 5.75 Å². The Labute approximate surface area is 132 Å². The van der Waals surface area contributed by atoms with Crippen LogP contribution in [0.5, 0.6) is 5.75 Å². The minimum atomic E-state index is -3.56. The van der Waals surface area contributed by atoms with E-state index in [1.807, 2.05) is 19.1 Å². The van der Waals surface area contributed by atoms with E-state index in [1.165, 1.54) is 7.11 Å². The second-order valence-electron chi connectivity index (χ2n) is 4.80. The summed E-state index contributed by atoms with van der Waals surface area (Å²) >= 11 is 0. The molecule has 5 nitrogen and oxygen atoms in total. The second-order valence-corrected chi connectivity index (χ2v) is 6.53. The summed E-state index contributed by atoms with van der Waals surface area (Å²) < 4.78 is 32.5. The predicted molar refractivity (Wildman–Crippen MR) is 85.7 cm³/mol. The van der Waals surface area contributed by atoms with Crippen LogP contribution < -0.4 is 14.8 Å². The summed E-state index contributed by atoms with van der Waals surface area (Å²) in [4.78, 5) is 0.189. The molecule has 21 heavy (non-hydrogen) atoms. The van der Waals surface area contributed by atoms with Crippen molar-refractivity contribution in [1.82, 2.24) is 10.0 Å². The molecule has 0 fully saturated rings. The Kier molecular flexibility index (Phi) is 6.67. The van der Waals surface area contributed by atoms with E-state index in [1.54, 1.807) is 12.1 Å². The first-order valence-electron chi connectivity index (χ1n) is 6.56. The van der Waals surface area contributed by atoms with Crippen LogP contribution in [-0.4, -0.2) is 35.2 Å².